The summed E-state index contributed by atoms with van der Waals surface area (Å²) in [6.07, 6.45) is 9.06. The second-order valence-corrected chi connectivity index (χ2v) is 6.45. The Morgan fingerprint density at radius 2 is 1.80 bits per heavy atom. The molecule has 2 rings (SSSR count). The molecule has 0 unspecified atom stereocenters. The molecule has 0 saturated heterocycles. The number of nitrogens with one attached hydrogen (secondary N) is 1. The summed E-state index contributed by atoms with van der Waals surface area (Å²) >= 11 is 0. The summed E-state index contributed by atoms with van der Waals surface area (Å²) in [6.45, 7) is 7.48. The monoisotopic (exact) mass is 276 g/mol. The van der Waals surface area contributed by atoms with Crippen LogP contribution in [0.5, 0.6) is 0 Å². The molecule has 1 aromatic heterocycles. The van der Waals surface area contributed by atoms with Crippen LogP contribution in [0.15, 0.2) is 12.4 Å². The van der Waals surface area contributed by atoms with Gasteiger partial charge in [-0.15, -0.1) is 0 Å². The standard InChI is InChI=1S/C16H28N4/c1-12(2)17-9-14-10-18-16(19-11-14)20(4)15-7-5-13(3)6-8-15/h10-13,15,17H,5-9H2,1-4H3. The Bertz CT molecular complexity index is 393. The Labute approximate surface area is 123 Å². The number of anilines is 1. The third kappa shape index (κ3) is 4.17. The molecule has 0 atom stereocenters. The van der Waals surface area contributed by atoms with Gasteiger partial charge in [-0.2, -0.15) is 0 Å². The first-order valence-electron chi connectivity index (χ1n) is 7.83. The first-order valence-corrected chi connectivity index (χ1v) is 7.83. The molecular weight excluding hydrogens is 248 g/mol. The maximum Gasteiger partial charge on any atom is 0.225 e. The minimum absolute atomic E-state index is 0.488. The highest BCUT2D eigenvalue weighted by Gasteiger charge is 2.23. The summed E-state index contributed by atoms with van der Waals surface area (Å²) < 4.78 is 0. The molecular formula is C16H28N4. The largest absolute Gasteiger partial charge is 0.341 e. The molecule has 20 heavy (non-hydrogen) atoms. The lowest BCUT2D eigenvalue weighted by Crippen LogP contribution is -2.36. The number of aromatic nitrogens is 2. The Kier molecular flexibility index (Phi) is 5.35. The predicted molar refractivity (Wildman–Crippen MR) is 83.8 cm³/mol. The van der Waals surface area contributed by atoms with Gasteiger partial charge in [0, 0.05) is 43.6 Å². The smallest absolute Gasteiger partial charge is 0.225 e. The first kappa shape index (κ1) is 15.2. The van der Waals surface area contributed by atoms with Crippen LogP contribution in [0.25, 0.3) is 0 Å². The second-order valence-electron chi connectivity index (χ2n) is 6.45. The normalized spacial score (nSPS) is 23.1. The zero-order valence-corrected chi connectivity index (χ0v) is 13.3. The van der Waals surface area contributed by atoms with Crippen molar-refractivity contribution < 1.29 is 0 Å². The van der Waals surface area contributed by atoms with E-state index in [-0.39, 0.29) is 0 Å². The Morgan fingerprint density at radius 3 is 2.35 bits per heavy atom. The van der Waals surface area contributed by atoms with Crippen LogP contribution < -0.4 is 10.2 Å². The van der Waals surface area contributed by atoms with Crippen molar-refractivity contribution in [3.8, 4) is 0 Å². The van der Waals surface area contributed by atoms with Gasteiger partial charge in [-0.05, 0) is 31.6 Å². The zero-order chi connectivity index (χ0) is 14.5. The molecule has 112 valence electrons. The maximum atomic E-state index is 4.53. The lowest BCUT2D eigenvalue weighted by molar-refractivity contribution is 0.339. The Hall–Kier alpha value is -1.16. The SMILES string of the molecule is CC1CCC(N(C)c2ncc(CNC(C)C)cn2)CC1. The van der Waals surface area contributed by atoms with Crippen LogP contribution in [0.3, 0.4) is 0 Å². The molecule has 1 saturated carbocycles. The topological polar surface area (TPSA) is 41.1 Å². The van der Waals surface area contributed by atoms with Crippen molar-refractivity contribution >= 4 is 5.95 Å². The van der Waals surface area contributed by atoms with Crippen molar-refractivity contribution in [2.75, 3.05) is 11.9 Å². The van der Waals surface area contributed by atoms with Crippen LogP contribution in [0.2, 0.25) is 0 Å². The third-order valence-electron chi connectivity index (χ3n) is 4.25. The summed E-state index contributed by atoms with van der Waals surface area (Å²) in [5, 5.41) is 3.39. The summed E-state index contributed by atoms with van der Waals surface area (Å²) in [7, 11) is 2.13. The van der Waals surface area contributed by atoms with Crippen LogP contribution in [0.4, 0.5) is 5.95 Å². The van der Waals surface area contributed by atoms with E-state index in [4.69, 9.17) is 0 Å². The van der Waals surface area contributed by atoms with Gasteiger partial charge < -0.3 is 10.2 Å². The summed E-state index contributed by atoms with van der Waals surface area (Å²) in [4.78, 5) is 11.3. The van der Waals surface area contributed by atoms with Crippen LogP contribution in [-0.4, -0.2) is 29.1 Å². The highest BCUT2D eigenvalue weighted by atomic mass is 15.2. The summed E-state index contributed by atoms with van der Waals surface area (Å²) in [5.41, 5.74) is 1.15. The number of nitrogens with zero attached hydrogens (tertiary/aromatic N) is 3. The van der Waals surface area contributed by atoms with E-state index in [2.05, 4.69) is 48.0 Å². The number of hydrogen-bond acceptors (Lipinski definition) is 4. The minimum Gasteiger partial charge on any atom is -0.341 e. The van der Waals surface area contributed by atoms with Gasteiger partial charge >= 0.3 is 0 Å². The van der Waals surface area contributed by atoms with Crippen LogP contribution in [0, 0.1) is 5.92 Å². The summed E-state index contributed by atoms with van der Waals surface area (Å²) in [6, 6.07) is 1.09. The third-order valence-corrected chi connectivity index (χ3v) is 4.25. The van der Waals surface area contributed by atoms with Gasteiger partial charge in [0.25, 0.3) is 0 Å². The van der Waals surface area contributed by atoms with E-state index < -0.39 is 0 Å². The number of rotatable bonds is 5. The lowest BCUT2D eigenvalue weighted by atomic mass is 9.87. The average Bonchev–Trinajstić information content (AvgIpc) is 2.46. The van der Waals surface area contributed by atoms with Gasteiger partial charge in [-0.1, -0.05) is 20.8 Å². The van der Waals surface area contributed by atoms with Crippen molar-refractivity contribution in [2.24, 2.45) is 5.92 Å². The molecule has 1 fully saturated rings. The molecule has 4 heteroatoms. The van der Waals surface area contributed by atoms with E-state index >= 15 is 0 Å². The van der Waals surface area contributed by atoms with Crippen LogP contribution in [-0.2, 0) is 6.54 Å². The quantitative estimate of drug-likeness (QED) is 0.897. The van der Waals surface area contributed by atoms with Gasteiger partial charge in [0.05, 0.1) is 0 Å². The van der Waals surface area contributed by atoms with Crippen molar-refractivity contribution in [2.45, 2.75) is 65.1 Å². The molecule has 1 aliphatic carbocycles. The van der Waals surface area contributed by atoms with Crippen LogP contribution >= 0.6 is 0 Å². The van der Waals surface area contributed by atoms with Crippen molar-refractivity contribution in [1.82, 2.24) is 15.3 Å². The Morgan fingerprint density at radius 1 is 1.20 bits per heavy atom. The molecule has 0 radical (unpaired) electrons. The van der Waals surface area contributed by atoms with Crippen molar-refractivity contribution in [3.05, 3.63) is 18.0 Å². The van der Waals surface area contributed by atoms with E-state index in [0.29, 0.717) is 12.1 Å². The highest BCUT2D eigenvalue weighted by Crippen LogP contribution is 2.27. The molecule has 1 aromatic rings. The molecule has 1 aliphatic rings. The van der Waals surface area contributed by atoms with E-state index in [1.807, 2.05) is 12.4 Å². The van der Waals surface area contributed by atoms with Crippen molar-refractivity contribution in [3.63, 3.8) is 0 Å². The maximum absolute atomic E-state index is 4.53. The molecule has 0 bridgehead atoms. The Balaban J connectivity index is 1.91. The van der Waals surface area contributed by atoms with E-state index in [1.165, 1.54) is 25.7 Å². The molecule has 0 aromatic carbocycles. The van der Waals surface area contributed by atoms with Gasteiger partial charge in [-0.25, -0.2) is 9.97 Å². The van der Waals surface area contributed by atoms with Gasteiger partial charge in [0.1, 0.15) is 0 Å². The minimum atomic E-state index is 0.488. The van der Waals surface area contributed by atoms with Gasteiger partial charge in [-0.3, -0.25) is 0 Å². The van der Waals surface area contributed by atoms with Crippen molar-refractivity contribution in [1.29, 1.82) is 0 Å². The van der Waals surface area contributed by atoms with E-state index in [9.17, 15) is 0 Å². The molecule has 0 amide bonds. The van der Waals surface area contributed by atoms with Gasteiger partial charge in [0.2, 0.25) is 5.95 Å². The van der Waals surface area contributed by atoms with Gasteiger partial charge in [0.15, 0.2) is 0 Å². The molecule has 0 aliphatic heterocycles. The highest BCUT2D eigenvalue weighted by molar-refractivity contribution is 5.30. The fourth-order valence-electron chi connectivity index (χ4n) is 2.74. The molecule has 1 N–H and O–H groups in total. The van der Waals surface area contributed by atoms with Crippen LogP contribution in [0.1, 0.15) is 52.0 Å². The fraction of sp³-hybridized carbons (Fsp3) is 0.750. The molecule has 0 spiro atoms. The number of hydrogen-bond donors (Lipinski definition) is 1. The zero-order valence-electron chi connectivity index (χ0n) is 13.3. The second kappa shape index (κ2) is 7.02. The molecule has 1 heterocycles. The summed E-state index contributed by atoms with van der Waals surface area (Å²) in [5.74, 6) is 1.74. The first-order chi connectivity index (χ1) is 9.56. The van der Waals surface area contributed by atoms with E-state index in [1.54, 1.807) is 0 Å². The lowest BCUT2D eigenvalue weighted by Gasteiger charge is -2.33. The van der Waals surface area contributed by atoms with E-state index in [0.717, 1.165) is 24.0 Å². The molecule has 4 nitrogen and oxygen atoms in total. The predicted octanol–water partition coefficient (Wildman–Crippen LogP) is 2.99. The fourth-order valence-corrected chi connectivity index (χ4v) is 2.74. The average molecular weight is 276 g/mol.